The molecule has 5 rings (SSSR count). The highest BCUT2D eigenvalue weighted by atomic mass is 32.2. The number of alkyl halides is 2. The Bertz CT molecular complexity index is 1690. The molecular weight excluding hydrogens is 592 g/mol. The molecule has 226 valence electrons. The minimum atomic E-state index is -3.92. The number of halogens is 3. The number of benzene rings is 1. The smallest absolute Gasteiger partial charge is 0.289 e. The third kappa shape index (κ3) is 6.45. The molecule has 1 amide bonds. The Morgan fingerprint density at radius 3 is 2.55 bits per heavy atom. The number of hydrogen-bond acceptors (Lipinski definition) is 8. The Balaban J connectivity index is 1.41. The van der Waals surface area contributed by atoms with Gasteiger partial charge in [0.05, 0.1) is 36.1 Å². The van der Waals surface area contributed by atoms with Crippen molar-refractivity contribution in [3.8, 4) is 0 Å². The summed E-state index contributed by atoms with van der Waals surface area (Å²) in [6.45, 7) is 2.76. The summed E-state index contributed by atoms with van der Waals surface area (Å²) in [6.07, 6.45) is 4.69. The van der Waals surface area contributed by atoms with Gasteiger partial charge in [0.25, 0.3) is 5.92 Å². The lowest BCUT2D eigenvalue weighted by atomic mass is 10.00. The molecule has 1 saturated carbocycles. The van der Waals surface area contributed by atoms with Gasteiger partial charge in [-0.3, -0.25) is 9.78 Å². The van der Waals surface area contributed by atoms with Crippen LogP contribution in [-0.2, 0) is 25.3 Å². The van der Waals surface area contributed by atoms with Crippen LogP contribution in [0, 0.1) is 18.7 Å². The first-order valence-electron chi connectivity index (χ1n) is 13.6. The molecule has 3 heterocycles. The van der Waals surface area contributed by atoms with Crippen molar-refractivity contribution in [1.82, 2.24) is 24.6 Å². The third-order valence-electron chi connectivity index (χ3n) is 7.60. The summed E-state index contributed by atoms with van der Waals surface area (Å²) in [5.41, 5.74) is -0.166. The van der Waals surface area contributed by atoms with Crippen LogP contribution in [0.1, 0.15) is 42.8 Å². The number of aryl methyl sites for hydroxylation is 1. The summed E-state index contributed by atoms with van der Waals surface area (Å²) >= 11 is 0. The number of pyridine rings is 1. The highest BCUT2D eigenvalue weighted by molar-refractivity contribution is 7.88. The summed E-state index contributed by atoms with van der Waals surface area (Å²) in [5, 5.41) is 3.57. The van der Waals surface area contributed by atoms with Gasteiger partial charge in [0.15, 0.2) is 0 Å². The van der Waals surface area contributed by atoms with Gasteiger partial charge >= 0.3 is 0 Å². The second-order valence-electron chi connectivity index (χ2n) is 11.0. The lowest BCUT2D eigenvalue weighted by Gasteiger charge is -2.32. The number of amides is 1. The number of sulfonamides is 1. The standard InChI is InChI=1S/C27H32F3N6O4PS/c1-16(19-5-4-6-21(24(19)28)27(29,30)15-32-42(3,39)40)33-25-20-13-23(31-14-22(20)34-17(2)35-25)41(38)11-9-36(10-12-41)26(37)18-7-8-18/h4-6,13-14,16,18,32H,7-12,15H2,1-3H3,(H,33,34,35)/t16-/m1/s1. The molecule has 3 aromatic rings. The monoisotopic (exact) mass is 624 g/mol. The number of anilines is 1. The number of carbonyl (C=O) groups is 1. The molecule has 2 aromatic heterocycles. The molecule has 42 heavy (non-hydrogen) atoms. The summed E-state index contributed by atoms with van der Waals surface area (Å²) < 4.78 is 83.3. The average molecular weight is 625 g/mol. The maximum Gasteiger partial charge on any atom is 0.289 e. The van der Waals surface area contributed by atoms with E-state index in [0.29, 0.717) is 47.6 Å². The highest BCUT2D eigenvalue weighted by Crippen LogP contribution is 2.47. The van der Waals surface area contributed by atoms with Crippen molar-refractivity contribution in [2.24, 2.45) is 5.92 Å². The Hall–Kier alpha value is -3.09. The van der Waals surface area contributed by atoms with Gasteiger partial charge in [-0.25, -0.2) is 27.5 Å². The van der Waals surface area contributed by atoms with Crippen molar-refractivity contribution in [3.05, 3.63) is 53.2 Å². The van der Waals surface area contributed by atoms with E-state index in [1.807, 2.05) is 0 Å². The van der Waals surface area contributed by atoms with E-state index in [4.69, 9.17) is 0 Å². The molecule has 0 radical (unpaired) electrons. The zero-order valence-corrected chi connectivity index (χ0v) is 25.1. The minimum absolute atomic E-state index is 0.0780. The first-order chi connectivity index (χ1) is 19.7. The van der Waals surface area contributed by atoms with E-state index in [1.54, 1.807) is 29.5 Å². The first-order valence-corrected chi connectivity index (χ1v) is 17.5. The van der Waals surface area contributed by atoms with Crippen LogP contribution < -0.4 is 15.5 Å². The molecule has 1 aliphatic carbocycles. The number of aromatic nitrogens is 3. The molecule has 0 bridgehead atoms. The number of nitrogens with one attached hydrogen (secondary N) is 2. The molecule has 1 saturated heterocycles. The fourth-order valence-corrected chi connectivity index (χ4v) is 7.95. The molecule has 1 aromatic carbocycles. The van der Waals surface area contributed by atoms with Gasteiger partial charge in [0.2, 0.25) is 15.9 Å². The van der Waals surface area contributed by atoms with E-state index in [1.165, 1.54) is 18.3 Å². The maximum absolute atomic E-state index is 15.4. The quantitative estimate of drug-likeness (QED) is 0.346. The fraction of sp³-hybridized carbons (Fsp3) is 0.481. The second-order valence-corrected chi connectivity index (χ2v) is 16.0. The van der Waals surface area contributed by atoms with Gasteiger partial charge in [-0.05, 0) is 32.8 Å². The van der Waals surface area contributed by atoms with Crippen LogP contribution in [0.4, 0.5) is 19.0 Å². The van der Waals surface area contributed by atoms with E-state index >= 15 is 4.39 Å². The molecule has 0 unspecified atom stereocenters. The molecule has 2 aliphatic rings. The van der Waals surface area contributed by atoms with E-state index in [9.17, 15) is 26.6 Å². The van der Waals surface area contributed by atoms with Crippen molar-refractivity contribution in [3.63, 3.8) is 0 Å². The zero-order valence-electron chi connectivity index (χ0n) is 23.4. The highest BCUT2D eigenvalue weighted by Gasteiger charge is 2.39. The average Bonchev–Trinajstić information content (AvgIpc) is 3.77. The molecule has 0 spiro atoms. The van der Waals surface area contributed by atoms with Crippen LogP contribution in [0.15, 0.2) is 30.5 Å². The second kappa shape index (κ2) is 11.2. The number of rotatable bonds is 9. The van der Waals surface area contributed by atoms with Gasteiger partial charge in [-0.15, -0.1) is 0 Å². The van der Waals surface area contributed by atoms with Gasteiger partial charge < -0.3 is 14.8 Å². The lowest BCUT2D eigenvalue weighted by Crippen LogP contribution is -2.42. The molecule has 2 fully saturated rings. The predicted molar refractivity (Wildman–Crippen MR) is 154 cm³/mol. The Kier molecular flexibility index (Phi) is 8.10. The normalized spacial score (nSPS) is 18.2. The Morgan fingerprint density at radius 2 is 1.90 bits per heavy atom. The molecule has 10 nitrogen and oxygen atoms in total. The molecule has 1 aliphatic heterocycles. The van der Waals surface area contributed by atoms with Gasteiger partial charge in [0, 0.05) is 42.3 Å². The van der Waals surface area contributed by atoms with Crippen molar-refractivity contribution >= 4 is 45.2 Å². The SMILES string of the molecule is Cc1nc(N[C@H](C)c2cccc(C(F)(F)CNS(C)(=O)=O)c2F)c2cc(P3(=O)CCN(C(=O)C4CC4)CC3)ncc2n1. The summed E-state index contributed by atoms with van der Waals surface area (Å²) in [7, 11) is -6.83. The topological polar surface area (TPSA) is 134 Å². The van der Waals surface area contributed by atoms with Crippen LogP contribution in [0.3, 0.4) is 0 Å². The zero-order chi connectivity index (χ0) is 30.4. The lowest BCUT2D eigenvalue weighted by molar-refractivity contribution is -0.132. The summed E-state index contributed by atoms with van der Waals surface area (Å²) in [4.78, 5) is 27.5. The molecule has 1 atom stereocenters. The fourth-order valence-electron chi connectivity index (χ4n) is 5.06. The third-order valence-corrected chi connectivity index (χ3v) is 11.2. The predicted octanol–water partition coefficient (Wildman–Crippen LogP) is 3.53. The van der Waals surface area contributed by atoms with E-state index in [0.717, 1.165) is 25.2 Å². The Labute approximate surface area is 241 Å². The van der Waals surface area contributed by atoms with Crippen LogP contribution >= 0.6 is 7.14 Å². The van der Waals surface area contributed by atoms with Crippen LogP contribution in [0.25, 0.3) is 10.9 Å². The van der Waals surface area contributed by atoms with E-state index < -0.39 is 47.1 Å². The van der Waals surface area contributed by atoms with Gasteiger partial charge in [-0.1, -0.05) is 18.2 Å². The number of carbonyl (C=O) groups excluding carboxylic acids is 1. The summed E-state index contributed by atoms with van der Waals surface area (Å²) in [6, 6.07) is 4.36. The van der Waals surface area contributed by atoms with Crippen molar-refractivity contribution in [2.75, 3.05) is 43.5 Å². The van der Waals surface area contributed by atoms with E-state index in [-0.39, 0.29) is 23.2 Å². The van der Waals surface area contributed by atoms with E-state index in [2.05, 4.69) is 20.3 Å². The molecular formula is C27H32F3N6O4PS. The van der Waals surface area contributed by atoms with Crippen LogP contribution in [0.2, 0.25) is 0 Å². The maximum atomic E-state index is 15.4. The van der Waals surface area contributed by atoms with Gasteiger partial charge in [0.1, 0.15) is 30.0 Å². The number of nitrogens with zero attached hydrogens (tertiary/aromatic N) is 4. The number of fused-ring (bicyclic) bond motifs is 1. The molecule has 2 N–H and O–H groups in total. The van der Waals surface area contributed by atoms with Crippen molar-refractivity contribution < 1.29 is 30.9 Å². The first kappa shape index (κ1) is 30.4. The van der Waals surface area contributed by atoms with Crippen LogP contribution in [0.5, 0.6) is 0 Å². The van der Waals surface area contributed by atoms with Crippen LogP contribution in [-0.4, -0.2) is 72.4 Å². The van der Waals surface area contributed by atoms with Crippen molar-refractivity contribution in [1.29, 1.82) is 0 Å². The minimum Gasteiger partial charge on any atom is -0.363 e. The molecule has 15 heteroatoms. The van der Waals surface area contributed by atoms with Crippen molar-refractivity contribution in [2.45, 2.75) is 38.7 Å². The Morgan fingerprint density at radius 1 is 1.21 bits per heavy atom. The number of hydrogen-bond donors (Lipinski definition) is 2. The largest absolute Gasteiger partial charge is 0.363 e. The summed E-state index contributed by atoms with van der Waals surface area (Å²) in [5.74, 6) is -4.08. The van der Waals surface area contributed by atoms with Gasteiger partial charge in [-0.2, -0.15) is 8.78 Å².